The SMILES string of the molecule is C.[C-]#[N+]c1ccc2c(c1)C1(c3ccccc3-c3ccccc31)c1cc(C#N)ccc1-2. The molecule has 2 aliphatic rings. The van der Waals surface area contributed by atoms with Crippen molar-refractivity contribution in [3.63, 3.8) is 0 Å². The van der Waals surface area contributed by atoms with Gasteiger partial charge in [-0.1, -0.05) is 80.2 Å². The maximum Gasteiger partial charge on any atom is 0.187 e. The average molecular weight is 382 g/mol. The van der Waals surface area contributed by atoms with Gasteiger partial charge in [-0.15, -0.1) is 0 Å². The molecule has 0 atom stereocenters. The van der Waals surface area contributed by atoms with Crippen molar-refractivity contribution in [1.29, 1.82) is 5.26 Å². The summed E-state index contributed by atoms with van der Waals surface area (Å²) in [6, 6.07) is 31.3. The summed E-state index contributed by atoms with van der Waals surface area (Å²) in [5, 5.41) is 9.60. The van der Waals surface area contributed by atoms with Crippen LogP contribution in [0.5, 0.6) is 0 Å². The van der Waals surface area contributed by atoms with Crippen LogP contribution in [0.4, 0.5) is 5.69 Å². The smallest absolute Gasteiger partial charge is 0.187 e. The molecule has 0 N–H and O–H groups in total. The van der Waals surface area contributed by atoms with Crippen LogP contribution in [-0.2, 0) is 5.41 Å². The van der Waals surface area contributed by atoms with Crippen LogP contribution in [0.2, 0.25) is 0 Å². The van der Waals surface area contributed by atoms with E-state index in [1.165, 1.54) is 22.3 Å². The van der Waals surface area contributed by atoms with Crippen LogP contribution in [0.15, 0.2) is 84.9 Å². The number of benzene rings is 4. The van der Waals surface area contributed by atoms with Crippen molar-refractivity contribution in [1.82, 2.24) is 0 Å². The molecule has 0 unspecified atom stereocenters. The van der Waals surface area contributed by atoms with Gasteiger partial charge in [0.05, 0.1) is 23.6 Å². The van der Waals surface area contributed by atoms with E-state index >= 15 is 0 Å². The third-order valence-electron chi connectivity index (χ3n) is 6.33. The molecule has 4 aromatic rings. The first kappa shape index (κ1) is 17.9. The monoisotopic (exact) mass is 382 g/mol. The van der Waals surface area contributed by atoms with E-state index < -0.39 is 5.41 Å². The van der Waals surface area contributed by atoms with Gasteiger partial charge in [0.25, 0.3) is 0 Å². The Hall–Kier alpha value is -4.14. The summed E-state index contributed by atoms with van der Waals surface area (Å²) in [6.45, 7) is 7.56. The fraction of sp³-hybridized carbons (Fsp3) is 0.0714. The highest BCUT2D eigenvalue weighted by Gasteiger charge is 2.51. The van der Waals surface area contributed by atoms with Gasteiger partial charge in [-0.2, -0.15) is 5.26 Å². The van der Waals surface area contributed by atoms with Gasteiger partial charge in [0, 0.05) is 0 Å². The summed E-state index contributed by atoms with van der Waals surface area (Å²) in [4.78, 5) is 3.71. The van der Waals surface area contributed by atoms with Crippen molar-refractivity contribution in [2.45, 2.75) is 12.8 Å². The molecule has 0 heterocycles. The molecule has 4 aromatic carbocycles. The lowest BCUT2D eigenvalue weighted by atomic mass is 9.70. The molecule has 0 saturated heterocycles. The zero-order valence-electron chi connectivity index (χ0n) is 15.5. The third-order valence-corrected chi connectivity index (χ3v) is 6.33. The van der Waals surface area contributed by atoms with Gasteiger partial charge in [-0.3, -0.25) is 0 Å². The molecule has 6 rings (SSSR count). The molecule has 0 bridgehead atoms. The summed E-state index contributed by atoms with van der Waals surface area (Å²) in [6.07, 6.45) is 0. The maximum absolute atomic E-state index is 9.60. The highest BCUT2D eigenvalue weighted by molar-refractivity contribution is 5.95. The Bertz CT molecular complexity index is 1320. The van der Waals surface area contributed by atoms with E-state index in [-0.39, 0.29) is 7.43 Å². The van der Waals surface area contributed by atoms with Crippen molar-refractivity contribution in [3.8, 4) is 28.3 Å². The minimum absolute atomic E-state index is 0. The fourth-order valence-corrected chi connectivity index (χ4v) is 5.27. The second-order valence-corrected chi connectivity index (χ2v) is 7.56. The third kappa shape index (κ3) is 1.96. The van der Waals surface area contributed by atoms with Gasteiger partial charge < -0.3 is 0 Å². The van der Waals surface area contributed by atoms with E-state index in [2.05, 4.69) is 71.6 Å². The van der Waals surface area contributed by atoms with Crippen molar-refractivity contribution in [2.24, 2.45) is 0 Å². The van der Waals surface area contributed by atoms with Gasteiger partial charge in [0.1, 0.15) is 0 Å². The number of hydrogen-bond donors (Lipinski definition) is 0. The largest absolute Gasteiger partial charge is 0.238 e. The summed E-state index contributed by atoms with van der Waals surface area (Å²) in [5.41, 5.74) is 10.2. The minimum Gasteiger partial charge on any atom is -0.238 e. The first-order valence-corrected chi connectivity index (χ1v) is 9.55. The summed E-state index contributed by atoms with van der Waals surface area (Å²) in [7, 11) is 0. The van der Waals surface area contributed by atoms with Gasteiger partial charge >= 0.3 is 0 Å². The van der Waals surface area contributed by atoms with Crippen LogP contribution in [0.3, 0.4) is 0 Å². The Morgan fingerprint density at radius 1 is 0.667 bits per heavy atom. The Labute approximate surface area is 176 Å². The van der Waals surface area contributed by atoms with E-state index in [9.17, 15) is 5.26 Å². The molecule has 0 saturated carbocycles. The maximum atomic E-state index is 9.60. The van der Waals surface area contributed by atoms with E-state index in [1.807, 2.05) is 24.3 Å². The molecule has 0 amide bonds. The lowest BCUT2D eigenvalue weighted by Crippen LogP contribution is -2.25. The molecule has 30 heavy (non-hydrogen) atoms. The Balaban J connectivity index is 0.00000193. The van der Waals surface area contributed by atoms with Crippen LogP contribution in [0.1, 0.15) is 35.2 Å². The lowest BCUT2D eigenvalue weighted by molar-refractivity contribution is 0.794. The van der Waals surface area contributed by atoms with Gasteiger partial charge in [0.2, 0.25) is 0 Å². The molecule has 140 valence electrons. The number of nitrogens with zero attached hydrogens (tertiary/aromatic N) is 2. The molecule has 0 radical (unpaired) electrons. The Morgan fingerprint density at radius 2 is 1.20 bits per heavy atom. The van der Waals surface area contributed by atoms with Crippen LogP contribution < -0.4 is 0 Å². The van der Waals surface area contributed by atoms with E-state index in [1.54, 1.807) is 0 Å². The zero-order chi connectivity index (χ0) is 19.6. The number of fused-ring (bicyclic) bond motifs is 10. The molecule has 1 spiro atoms. The first-order valence-electron chi connectivity index (χ1n) is 9.55. The van der Waals surface area contributed by atoms with E-state index in [0.29, 0.717) is 11.3 Å². The van der Waals surface area contributed by atoms with Crippen molar-refractivity contribution >= 4 is 5.69 Å². The second-order valence-electron chi connectivity index (χ2n) is 7.56. The average Bonchev–Trinajstić information content (AvgIpc) is 3.25. The predicted molar refractivity (Wildman–Crippen MR) is 120 cm³/mol. The summed E-state index contributed by atoms with van der Waals surface area (Å²) < 4.78 is 0. The standard InChI is InChI=1S/C27H14N2.CH4/c1-29-18-11-13-22-21-12-10-17(16-28)14-25(21)27(26(22)15-18)23-8-4-2-6-19(23)20-7-3-5-9-24(20)27;/h2-15H;1H4. The Morgan fingerprint density at radius 3 is 1.80 bits per heavy atom. The van der Waals surface area contributed by atoms with Crippen LogP contribution in [0, 0.1) is 17.9 Å². The van der Waals surface area contributed by atoms with Gasteiger partial charge in [-0.25, -0.2) is 4.85 Å². The van der Waals surface area contributed by atoms with Crippen molar-refractivity contribution < 1.29 is 0 Å². The molecule has 0 fully saturated rings. The number of hydrogen-bond acceptors (Lipinski definition) is 1. The zero-order valence-corrected chi connectivity index (χ0v) is 15.5. The second kappa shape index (κ2) is 6.18. The molecular formula is C28H18N2. The molecule has 2 nitrogen and oxygen atoms in total. The fourth-order valence-electron chi connectivity index (χ4n) is 5.27. The molecule has 2 heteroatoms. The first-order chi connectivity index (χ1) is 14.3. The highest BCUT2D eigenvalue weighted by atomic mass is 14.6. The van der Waals surface area contributed by atoms with Crippen LogP contribution in [-0.4, -0.2) is 0 Å². The predicted octanol–water partition coefficient (Wildman–Crippen LogP) is 7.09. The molecule has 0 aliphatic heterocycles. The van der Waals surface area contributed by atoms with E-state index in [0.717, 1.165) is 22.3 Å². The van der Waals surface area contributed by atoms with Gasteiger partial charge in [0.15, 0.2) is 5.69 Å². The van der Waals surface area contributed by atoms with Crippen LogP contribution >= 0.6 is 0 Å². The number of rotatable bonds is 0. The molecule has 0 aromatic heterocycles. The lowest BCUT2D eigenvalue weighted by Gasteiger charge is -2.30. The molecular weight excluding hydrogens is 364 g/mol. The summed E-state index contributed by atoms with van der Waals surface area (Å²) in [5.74, 6) is 0. The van der Waals surface area contributed by atoms with E-state index in [4.69, 9.17) is 6.57 Å². The quantitative estimate of drug-likeness (QED) is 0.258. The van der Waals surface area contributed by atoms with Gasteiger partial charge in [-0.05, 0) is 56.6 Å². The van der Waals surface area contributed by atoms with Crippen molar-refractivity contribution in [2.75, 3.05) is 0 Å². The minimum atomic E-state index is -0.495. The summed E-state index contributed by atoms with van der Waals surface area (Å²) >= 11 is 0. The topological polar surface area (TPSA) is 28.1 Å². The molecule has 2 aliphatic carbocycles. The normalized spacial score (nSPS) is 13.3. The van der Waals surface area contributed by atoms with Crippen LogP contribution in [0.25, 0.3) is 27.1 Å². The number of nitriles is 1. The Kier molecular flexibility index (Phi) is 3.69. The highest BCUT2D eigenvalue weighted by Crippen LogP contribution is 2.63. The van der Waals surface area contributed by atoms with Crippen molar-refractivity contribution in [3.05, 3.63) is 124 Å².